The summed E-state index contributed by atoms with van der Waals surface area (Å²) in [4.78, 5) is 34.0. The SMILES string of the molecule is CNC(=O)c1nnc(Nc2cnn(C3CCN(C(=O)O)CC3)c2)nc1Nc1cccc(-c2ncn(C)n2)c1OC. The highest BCUT2D eigenvalue weighted by molar-refractivity contribution is 5.97. The van der Waals surface area contributed by atoms with Crippen molar-refractivity contribution in [2.75, 3.05) is 37.9 Å². The molecule has 4 heterocycles. The average Bonchev–Trinajstić information content (AvgIpc) is 3.61. The third-order valence-corrected chi connectivity index (χ3v) is 6.41. The Morgan fingerprint density at radius 2 is 1.95 bits per heavy atom. The van der Waals surface area contributed by atoms with E-state index in [2.05, 4.69) is 46.3 Å². The molecule has 5 rings (SSSR count). The Morgan fingerprint density at radius 1 is 1.15 bits per heavy atom. The van der Waals surface area contributed by atoms with Crippen molar-refractivity contribution in [2.45, 2.75) is 18.9 Å². The first-order chi connectivity index (χ1) is 19.4. The van der Waals surface area contributed by atoms with E-state index in [0.717, 1.165) is 0 Å². The molecule has 1 aliphatic rings. The molecule has 1 fully saturated rings. The summed E-state index contributed by atoms with van der Waals surface area (Å²) in [5, 5.41) is 34.9. The molecular weight excluding hydrogens is 520 g/mol. The van der Waals surface area contributed by atoms with Crippen LogP contribution in [0.15, 0.2) is 36.9 Å². The van der Waals surface area contributed by atoms with Crippen molar-refractivity contribution in [1.82, 2.24) is 49.9 Å². The maximum atomic E-state index is 12.6. The van der Waals surface area contributed by atoms with Crippen molar-refractivity contribution in [3.05, 3.63) is 42.6 Å². The first-order valence-electron chi connectivity index (χ1n) is 12.4. The van der Waals surface area contributed by atoms with Crippen LogP contribution < -0.4 is 20.7 Å². The number of piperidine rings is 1. The summed E-state index contributed by atoms with van der Waals surface area (Å²) in [7, 11) is 4.79. The van der Waals surface area contributed by atoms with Crippen LogP contribution in [0.3, 0.4) is 0 Å². The Hall–Kier alpha value is -5.28. The molecule has 0 atom stereocenters. The Kier molecular flexibility index (Phi) is 7.39. The lowest BCUT2D eigenvalue weighted by Crippen LogP contribution is -2.38. The largest absolute Gasteiger partial charge is 0.494 e. The minimum Gasteiger partial charge on any atom is -0.494 e. The summed E-state index contributed by atoms with van der Waals surface area (Å²) in [6.07, 6.45) is 5.43. The van der Waals surface area contributed by atoms with Gasteiger partial charge < -0.3 is 30.7 Å². The predicted octanol–water partition coefficient (Wildman–Crippen LogP) is 2.03. The summed E-state index contributed by atoms with van der Waals surface area (Å²) in [6.45, 7) is 0.902. The summed E-state index contributed by atoms with van der Waals surface area (Å²) in [6, 6.07) is 5.48. The lowest BCUT2D eigenvalue weighted by atomic mass is 10.1. The maximum absolute atomic E-state index is 12.6. The number of anilines is 4. The van der Waals surface area contributed by atoms with Crippen molar-refractivity contribution in [2.24, 2.45) is 7.05 Å². The third kappa shape index (κ3) is 5.45. The molecule has 16 nitrogen and oxygen atoms in total. The number of aryl methyl sites for hydroxylation is 1. The lowest BCUT2D eigenvalue weighted by molar-refractivity contribution is 0.0957. The van der Waals surface area contributed by atoms with Gasteiger partial charge in [-0.2, -0.15) is 15.2 Å². The van der Waals surface area contributed by atoms with Crippen LogP contribution in [0.1, 0.15) is 29.4 Å². The Balaban J connectivity index is 1.39. The highest BCUT2D eigenvalue weighted by atomic mass is 16.5. The van der Waals surface area contributed by atoms with Crippen molar-refractivity contribution in [1.29, 1.82) is 0 Å². The van der Waals surface area contributed by atoms with Crippen molar-refractivity contribution in [3.8, 4) is 17.1 Å². The molecule has 4 aromatic rings. The number of rotatable bonds is 8. The number of likely N-dealkylation sites (tertiary alicyclic amines) is 1. The van der Waals surface area contributed by atoms with Crippen LogP contribution in [0.4, 0.5) is 27.9 Å². The fourth-order valence-corrected chi connectivity index (χ4v) is 4.41. The standard InChI is InChI=1S/C24H28N12O4/c1-25-22(37)18-21(29-17-6-4-5-16(19(17)40-3)20-26-13-34(2)33-20)30-23(32-31-18)28-14-11-27-36(12-14)15-7-9-35(10-8-15)24(38)39/h4-6,11-13,15H,7-10H2,1-3H3,(H,25,37)(H,38,39)(H2,28,29,30,32). The number of para-hydroxylation sites is 1. The number of hydrogen-bond acceptors (Lipinski definition) is 11. The molecule has 1 saturated heterocycles. The highest BCUT2D eigenvalue weighted by Crippen LogP contribution is 2.36. The number of nitrogens with one attached hydrogen (secondary N) is 3. The number of carboxylic acid groups (broad SMARTS) is 1. The molecule has 0 bridgehead atoms. The molecular formula is C24H28N12O4. The smallest absolute Gasteiger partial charge is 0.407 e. The molecule has 1 aliphatic heterocycles. The van der Waals surface area contributed by atoms with Crippen LogP contribution in [0.25, 0.3) is 11.4 Å². The monoisotopic (exact) mass is 548 g/mol. The normalized spacial score (nSPS) is 13.6. The second-order valence-electron chi connectivity index (χ2n) is 9.00. The summed E-state index contributed by atoms with van der Waals surface area (Å²) in [5.74, 6) is 0.742. The summed E-state index contributed by atoms with van der Waals surface area (Å²) < 4.78 is 9.06. The summed E-state index contributed by atoms with van der Waals surface area (Å²) in [5.41, 5.74) is 1.76. The van der Waals surface area contributed by atoms with Crippen LogP contribution in [-0.4, -0.2) is 89.0 Å². The van der Waals surface area contributed by atoms with Gasteiger partial charge in [-0.3, -0.25) is 14.2 Å². The quantitative estimate of drug-likeness (QED) is 0.251. The Morgan fingerprint density at radius 3 is 2.62 bits per heavy atom. The Bertz CT molecular complexity index is 1530. The molecule has 40 heavy (non-hydrogen) atoms. The van der Waals surface area contributed by atoms with Gasteiger partial charge in [0, 0.05) is 33.4 Å². The van der Waals surface area contributed by atoms with Crippen LogP contribution in [-0.2, 0) is 7.05 Å². The minimum absolute atomic E-state index is 0.0163. The van der Waals surface area contributed by atoms with E-state index >= 15 is 0 Å². The average molecular weight is 549 g/mol. The van der Waals surface area contributed by atoms with Crippen LogP contribution >= 0.6 is 0 Å². The zero-order valence-corrected chi connectivity index (χ0v) is 22.1. The van der Waals surface area contributed by atoms with Gasteiger partial charge in [0.1, 0.15) is 6.33 Å². The molecule has 0 spiro atoms. The first kappa shape index (κ1) is 26.3. The van der Waals surface area contributed by atoms with E-state index in [1.807, 2.05) is 6.07 Å². The number of nitrogens with zero attached hydrogens (tertiary/aromatic N) is 9. The van der Waals surface area contributed by atoms with Gasteiger partial charge in [-0.1, -0.05) is 6.07 Å². The van der Waals surface area contributed by atoms with Gasteiger partial charge in [-0.05, 0) is 25.0 Å². The van der Waals surface area contributed by atoms with E-state index in [1.54, 1.807) is 47.3 Å². The number of ether oxygens (including phenoxy) is 1. The molecule has 3 aromatic heterocycles. The van der Waals surface area contributed by atoms with Gasteiger partial charge in [-0.25, -0.2) is 9.78 Å². The number of methoxy groups -OCH3 is 1. The van der Waals surface area contributed by atoms with E-state index in [4.69, 9.17) is 4.74 Å². The zero-order chi connectivity index (χ0) is 28.2. The second kappa shape index (κ2) is 11.2. The van der Waals surface area contributed by atoms with E-state index in [1.165, 1.54) is 19.1 Å². The maximum Gasteiger partial charge on any atom is 0.407 e. The predicted molar refractivity (Wildman–Crippen MR) is 143 cm³/mol. The molecule has 0 aliphatic carbocycles. The number of amides is 2. The van der Waals surface area contributed by atoms with E-state index in [9.17, 15) is 14.7 Å². The molecule has 0 saturated carbocycles. The molecule has 2 amide bonds. The van der Waals surface area contributed by atoms with Crippen molar-refractivity contribution >= 4 is 35.1 Å². The molecule has 4 N–H and O–H groups in total. The van der Waals surface area contributed by atoms with Crippen LogP contribution in [0, 0.1) is 0 Å². The Labute approximate surface area is 228 Å². The molecule has 1 aromatic carbocycles. The van der Waals surface area contributed by atoms with Gasteiger partial charge in [0.15, 0.2) is 23.1 Å². The summed E-state index contributed by atoms with van der Waals surface area (Å²) >= 11 is 0. The molecule has 0 unspecified atom stereocenters. The lowest BCUT2D eigenvalue weighted by Gasteiger charge is -2.29. The van der Waals surface area contributed by atoms with Crippen LogP contribution in [0.2, 0.25) is 0 Å². The van der Waals surface area contributed by atoms with Gasteiger partial charge in [0.2, 0.25) is 5.95 Å². The number of aromatic nitrogens is 8. The topological polar surface area (TPSA) is 190 Å². The fraction of sp³-hybridized carbons (Fsp3) is 0.333. The van der Waals surface area contributed by atoms with Crippen LogP contribution in [0.5, 0.6) is 5.75 Å². The number of hydrogen-bond donors (Lipinski definition) is 4. The van der Waals surface area contributed by atoms with Gasteiger partial charge in [0.05, 0.1) is 36.3 Å². The fourth-order valence-electron chi connectivity index (χ4n) is 4.41. The number of carbonyl (C=O) groups excluding carboxylic acids is 1. The van der Waals surface area contributed by atoms with Crippen molar-refractivity contribution < 1.29 is 19.4 Å². The molecule has 208 valence electrons. The molecule has 0 radical (unpaired) electrons. The van der Waals surface area contributed by atoms with Gasteiger partial charge in [0.25, 0.3) is 5.91 Å². The number of carbonyl (C=O) groups is 2. The van der Waals surface area contributed by atoms with E-state index in [0.29, 0.717) is 54.4 Å². The van der Waals surface area contributed by atoms with Gasteiger partial charge >= 0.3 is 6.09 Å². The first-order valence-corrected chi connectivity index (χ1v) is 12.4. The number of benzene rings is 1. The molecule has 16 heteroatoms. The van der Waals surface area contributed by atoms with E-state index in [-0.39, 0.29) is 23.5 Å². The third-order valence-electron chi connectivity index (χ3n) is 6.41. The zero-order valence-electron chi connectivity index (χ0n) is 22.1. The minimum atomic E-state index is -0.909. The van der Waals surface area contributed by atoms with Crippen molar-refractivity contribution in [3.63, 3.8) is 0 Å². The second-order valence-corrected chi connectivity index (χ2v) is 9.00. The highest BCUT2D eigenvalue weighted by Gasteiger charge is 2.24. The van der Waals surface area contributed by atoms with Gasteiger partial charge in [-0.15, -0.1) is 10.2 Å². The van der Waals surface area contributed by atoms with E-state index < -0.39 is 12.0 Å².